The van der Waals surface area contributed by atoms with Gasteiger partial charge in [-0.25, -0.2) is 9.50 Å². The lowest BCUT2D eigenvalue weighted by molar-refractivity contribution is 0.0829. The average molecular weight is 366 g/mol. The number of carbonyl (C=O) groups is 1. The molecule has 1 saturated heterocycles. The van der Waals surface area contributed by atoms with Crippen LogP contribution in [0.3, 0.4) is 0 Å². The van der Waals surface area contributed by atoms with Gasteiger partial charge in [0.2, 0.25) is 0 Å². The van der Waals surface area contributed by atoms with Crippen molar-refractivity contribution in [3.8, 4) is 0 Å². The molecule has 1 amide bonds. The summed E-state index contributed by atoms with van der Waals surface area (Å²) in [7, 11) is 2.98. The van der Waals surface area contributed by atoms with Crippen LogP contribution in [0.25, 0.3) is 5.65 Å². The lowest BCUT2D eigenvalue weighted by Gasteiger charge is -2.21. The zero-order chi connectivity index (χ0) is 18.4. The van der Waals surface area contributed by atoms with Gasteiger partial charge in [-0.3, -0.25) is 4.79 Å². The van der Waals surface area contributed by atoms with Crippen molar-refractivity contribution in [1.82, 2.24) is 28.1 Å². The third kappa shape index (κ3) is 3.00. The molecule has 0 aromatic carbocycles. The largest absolute Gasteiger partial charge is 0.345 e. The predicted octanol–water partition coefficient (Wildman–Crippen LogP) is 0.0268. The van der Waals surface area contributed by atoms with Gasteiger partial charge in [-0.15, -0.1) is 0 Å². The smallest absolute Gasteiger partial charge is 0.281 e. The Morgan fingerprint density at radius 3 is 2.64 bits per heavy atom. The van der Waals surface area contributed by atoms with Crippen LogP contribution in [0.15, 0.2) is 18.5 Å². The van der Waals surface area contributed by atoms with Crippen molar-refractivity contribution in [2.45, 2.75) is 12.3 Å². The molecular weight excluding hydrogens is 344 g/mol. The summed E-state index contributed by atoms with van der Waals surface area (Å²) in [5.74, 6) is -0.162. The fraction of sp³-hybridized carbons (Fsp3) is 0.533. The van der Waals surface area contributed by atoms with E-state index in [-0.39, 0.29) is 11.8 Å². The van der Waals surface area contributed by atoms with Gasteiger partial charge < -0.3 is 4.90 Å². The minimum atomic E-state index is -3.43. The Morgan fingerprint density at radius 1 is 1.28 bits per heavy atom. The first kappa shape index (κ1) is 17.8. The van der Waals surface area contributed by atoms with Gasteiger partial charge in [-0.1, -0.05) is 0 Å². The standard InChI is InChI=1S/C15H22N6O3S/c1-18(2)15(22)12-9-17-21-13(5-7-16-14(12)21)11-6-8-20(10-11)25(23,24)19(3)4/h5,7,9,11H,6,8,10H2,1-4H3. The summed E-state index contributed by atoms with van der Waals surface area (Å²) in [5, 5.41) is 4.32. The molecule has 0 spiro atoms. The van der Waals surface area contributed by atoms with Crippen molar-refractivity contribution in [3.63, 3.8) is 0 Å². The van der Waals surface area contributed by atoms with E-state index in [1.165, 1.54) is 33.8 Å². The van der Waals surface area contributed by atoms with Crippen LogP contribution in [0.5, 0.6) is 0 Å². The molecule has 1 aliphatic rings. The quantitative estimate of drug-likeness (QED) is 0.761. The minimum absolute atomic E-state index is 0.00225. The fourth-order valence-electron chi connectivity index (χ4n) is 3.02. The summed E-state index contributed by atoms with van der Waals surface area (Å²) in [4.78, 5) is 18.0. The van der Waals surface area contributed by atoms with Crippen LogP contribution in [0.2, 0.25) is 0 Å². The monoisotopic (exact) mass is 366 g/mol. The van der Waals surface area contributed by atoms with Crippen LogP contribution in [-0.2, 0) is 10.2 Å². The predicted molar refractivity (Wildman–Crippen MR) is 92.5 cm³/mol. The van der Waals surface area contributed by atoms with Crippen LogP contribution in [0.4, 0.5) is 0 Å². The number of fused-ring (bicyclic) bond motifs is 1. The number of carbonyl (C=O) groups excluding carboxylic acids is 1. The first-order valence-corrected chi connectivity index (χ1v) is 9.35. The van der Waals surface area contributed by atoms with Crippen molar-refractivity contribution >= 4 is 21.8 Å². The molecule has 0 N–H and O–H groups in total. The molecule has 0 saturated carbocycles. The maximum atomic E-state index is 12.3. The Hall–Kier alpha value is -2.04. The average Bonchev–Trinajstić information content (AvgIpc) is 3.21. The highest BCUT2D eigenvalue weighted by Gasteiger charge is 2.34. The normalized spacial score (nSPS) is 19.0. The Kier molecular flexibility index (Phi) is 4.52. The second-order valence-corrected chi connectivity index (χ2v) is 8.64. The van der Waals surface area contributed by atoms with Crippen molar-refractivity contribution in [3.05, 3.63) is 29.7 Å². The molecule has 1 aliphatic heterocycles. The number of amides is 1. The molecule has 1 unspecified atom stereocenters. The molecular formula is C15H22N6O3S. The van der Waals surface area contributed by atoms with Gasteiger partial charge in [-0.05, 0) is 12.5 Å². The van der Waals surface area contributed by atoms with E-state index in [1.54, 1.807) is 24.8 Å². The lowest BCUT2D eigenvalue weighted by Crippen LogP contribution is -2.38. The molecule has 1 fully saturated rings. The molecule has 3 heterocycles. The lowest BCUT2D eigenvalue weighted by atomic mass is 10.0. The highest BCUT2D eigenvalue weighted by molar-refractivity contribution is 7.86. The number of aromatic nitrogens is 3. The van der Waals surface area contributed by atoms with Crippen molar-refractivity contribution in [2.75, 3.05) is 41.3 Å². The van der Waals surface area contributed by atoms with E-state index < -0.39 is 10.2 Å². The number of nitrogens with zero attached hydrogens (tertiary/aromatic N) is 6. The molecule has 2 aromatic heterocycles. The molecule has 10 heteroatoms. The second kappa shape index (κ2) is 6.36. The van der Waals surface area contributed by atoms with Crippen molar-refractivity contribution < 1.29 is 13.2 Å². The molecule has 0 radical (unpaired) electrons. The maximum Gasteiger partial charge on any atom is 0.281 e. The number of rotatable bonds is 4. The number of hydrogen-bond donors (Lipinski definition) is 0. The third-order valence-electron chi connectivity index (χ3n) is 4.42. The van der Waals surface area contributed by atoms with Crippen LogP contribution in [-0.4, -0.2) is 83.7 Å². The topological polar surface area (TPSA) is 91.1 Å². The summed E-state index contributed by atoms with van der Waals surface area (Å²) >= 11 is 0. The van der Waals surface area contributed by atoms with Crippen LogP contribution in [0, 0.1) is 0 Å². The van der Waals surface area contributed by atoms with E-state index in [0.29, 0.717) is 30.7 Å². The molecule has 0 aliphatic carbocycles. The molecule has 0 bridgehead atoms. The minimum Gasteiger partial charge on any atom is -0.345 e. The zero-order valence-electron chi connectivity index (χ0n) is 14.7. The third-order valence-corrected chi connectivity index (χ3v) is 6.33. The summed E-state index contributed by atoms with van der Waals surface area (Å²) in [6, 6.07) is 1.83. The fourth-order valence-corrected chi connectivity index (χ4v) is 4.19. The Labute approximate surface area is 147 Å². The molecule has 25 heavy (non-hydrogen) atoms. The number of hydrogen-bond acceptors (Lipinski definition) is 5. The van der Waals surface area contributed by atoms with Gasteiger partial charge in [0.05, 0.1) is 11.9 Å². The van der Waals surface area contributed by atoms with E-state index in [1.807, 2.05) is 6.07 Å². The Bertz CT molecular complexity index is 905. The molecule has 3 rings (SSSR count). The Balaban J connectivity index is 1.95. The molecule has 9 nitrogen and oxygen atoms in total. The molecule has 2 aromatic rings. The van der Waals surface area contributed by atoms with E-state index in [4.69, 9.17) is 0 Å². The van der Waals surface area contributed by atoms with Gasteiger partial charge >= 0.3 is 0 Å². The van der Waals surface area contributed by atoms with E-state index >= 15 is 0 Å². The van der Waals surface area contributed by atoms with Gasteiger partial charge in [0, 0.05) is 53.4 Å². The van der Waals surface area contributed by atoms with Gasteiger partial charge in [0.15, 0.2) is 5.65 Å². The highest BCUT2D eigenvalue weighted by atomic mass is 32.2. The maximum absolute atomic E-state index is 12.3. The summed E-state index contributed by atoms with van der Waals surface area (Å²) in [6.07, 6.45) is 3.85. The second-order valence-electron chi connectivity index (χ2n) is 6.50. The van der Waals surface area contributed by atoms with E-state index in [2.05, 4.69) is 10.1 Å². The Morgan fingerprint density at radius 2 is 2.00 bits per heavy atom. The first-order valence-electron chi connectivity index (χ1n) is 7.95. The first-order chi connectivity index (χ1) is 11.7. The van der Waals surface area contributed by atoms with Crippen LogP contribution < -0.4 is 0 Å². The molecule has 136 valence electrons. The van der Waals surface area contributed by atoms with E-state index in [9.17, 15) is 13.2 Å². The summed E-state index contributed by atoms with van der Waals surface area (Å²) in [5.41, 5.74) is 1.78. The van der Waals surface area contributed by atoms with Crippen molar-refractivity contribution in [1.29, 1.82) is 0 Å². The van der Waals surface area contributed by atoms with Crippen LogP contribution >= 0.6 is 0 Å². The zero-order valence-corrected chi connectivity index (χ0v) is 15.6. The summed E-state index contributed by atoms with van der Waals surface area (Å²) < 4.78 is 29.0. The highest BCUT2D eigenvalue weighted by Crippen LogP contribution is 2.29. The SMILES string of the molecule is CN(C)C(=O)c1cnn2c(C3CCN(S(=O)(=O)N(C)C)C3)ccnc12. The van der Waals surface area contributed by atoms with Gasteiger partial charge in [0.1, 0.15) is 5.56 Å². The van der Waals surface area contributed by atoms with Gasteiger partial charge in [0.25, 0.3) is 16.1 Å². The molecule has 1 atom stereocenters. The van der Waals surface area contributed by atoms with E-state index in [0.717, 1.165) is 5.69 Å². The van der Waals surface area contributed by atoms with Crippen LogP contribution in [0.1, 0.15) is 28.4 Å². The summed E-state index contributed by atoms with van der Waals surface area (Å²) in [6.45, 7) is 0.843. The van der Waals surface area contributed by atoms with Crippen molar-refractivity contribution in [2.24, 2.45) is 0 Å². The van der Waals surface area contributed by atoms with Gasteiger partial charge in [-0.2, -0.15) is 22.1 Å².